The smallest absolute Gasteiger partial charge is 0.346 e. The Labute approximate surface area is 132 Å². The van der Waals surface area contributed by atoms with Gasteiger partial charge in [0.2, 0.25) is 5.88 Å². The summed E-state index contributed by atoms with van der Waals surface area (Å²) in [5.74, 6) is 0.476. The van der Waals surface area contributed by atoms with Crippen molar-refractivity contribution in [2.45, 2.75) is 25.6 Å². The van der Waals surface area contributed by atoms with Gasteiger partial charge in [-0.25, -0.2) is 4.79 Å². The highest BCUT2D eigenvalue weighted by Gasteiger charge is 2.24. The minimum atomic E-state index is -0.549. The summed E-state index contributed by atoms with van der Waals surface area (Å²) in [5, 5.41) is 0.285. The van der Waals surface area contributed by atoms with Gasteiger partial charge in [-0.3, -0.25) is 0 Å². The molecule has 0 aliphatic heterocycles. The Hall–Kier alpha value is -2.28. The number of hydrogen-bond acceptors (Lipinski definition) is 7. The van der Waals surface area contributed by atoms with Gasteiger partial charge in [-0.05, 0) is 42.1 Å². The van der Waals surface area contributed by atoms with Crippen molar-refractivity contribution in [3.63, 3.8) is 0 Å². The predicted molar refractivity (Wildman–Crippen MR) is 82.3 cm³/mol. The SMILES string of the molecule is COC(=O)c1c(OCc2cccc(OC3CC3)c2)nsc1N. The van der Waals surface area contributed by atoms with Crippen LogP contribution >= 0.6 is 11.5 Å². The zero-order chi connectivity index (χ0) is 15.5. The number of esters is 1. The lowest BCUT2D eigenvalue weighted by Crippen LogP contribution is -2.06. The maximum Gasteiger partial charge on any atom is 0.346 e. The van der Waals surface area contributed by atoms with E-state index in [1.54, 1.807) is 0 Å². The van der Waals surface area contributed by atoms with E-state index in [4.69, 9.17) is 15.2 Å². The molecule has 6 nitrogen and oxygen atoms in total. The summed E-state index contributed by atoms with van der Waals surface area (Å²) >= 11 is 1.01. The Morgan fingerprint density at radius 2 is 2.27 bits per heavy atom. The number of ether oxygens (including phenoxy) is 3. The third kappa shape index (κ3) is 3.30. The molecule has 22 heavy (non-hydrogen) atoms. The van der Waals surface area contributed by atoms with E-state index in [0.29, 0.717) is 6.10 Å². The Bertz CT molecular complexity index is 682. The largest absolute Gasteiger partial charge is 0.490 e. The van der Waals surface area contributed by atoms with Crippen LogP contribution in [0.5, 0.6) is 11.6 Å². The normalized spacial score (nSPS) is 13.7. The van der Waals surface area contributed by atoms with E-state index in [-0.39, 0.29) is 23.1 Å². The zero-order valence-corrected chi connectivity index (χ0v) is 12.9. The molecule has 2 aromatic rings. The number of carbonyl (C=O) groups is 1. The second-order valence-corrected chi connectivity index (χ2v) is 5.78. The Morgan fingerprint density at radius 3 is 3.00 bits per heavy atom. The third-order valence-corrected chi connectivity index (χ3v) is 3.84. The predicted octanol–water partition coefficient (Wildman–Crippen LogP) is 2.63. The van der Waals surface area contributed by atoms with Crippen molar-refractivity contribution >= 4 is 22.5 Å². The van der Waals surface area contributed by atoms with E-state index in [1.165, 1.54) is 7.11 Å². The van der Waals surface area contributed by atoms with E-state index in [9.17, 15) is 4.79 Å². The fourth-order valence-corrected chi connectivity index (χ4v) is 2.50. The standard InChI is InChI=1S/C15H16N2O4S/c1-19-15(18)12-13(16)22-17-14(12)20-8-9-3-2-4-11(7-9)21-10-5-6-10/h2-4,7,10H,5-6,8,16H2,1H3. The van der Waals surface area contributed by atoms with Crippen LogP contribution in [-0.2, 0) is 11.3 Å². The number of benzene rings is 1. The average Bonchev–Trinajstić information content (AvgIpc) is 3.26. The summed E-state index contributed by atoms with van der Waals surface area (Å²) in [5.41, 5.74) is 6.84. The van der Waals surface area contributed by atoms with Gasteiger partial charge in [0.25, 0.3) is 0 Å². The minimum Gasteiger partial charge on any atom is -0.490 e. The number of methoxy groups -OCH3 is 1. The van der Waals surface area contributed by atoms with Crippen LogP contribution in [0.4, 0.5) is 5.00 Å². The summed E-state index contributed by atoms with van der Waals surface area (Å²) in [4.78, 5) is 11.7. The maximum atomic E-state index is 11.7. The van der Waals surface area contributed by atoms with Crippen LogP contribution < -0.4 is 15.2 Å². The van der Waals surface area contributed by atoms with Crippen molar-refractivity contribution in [3.8, 4) is 11.6 Å². The Morgan fingerprint density at radius 1 is 1.45 bits per heavy atom. The number of aromatic nitrogens is 1. The quantitative estimate of drug-likeness (QED) is 0.824. The van der Waals surface area contributed by atoms with Crippen molar-refractivity contribution < 1.29 is 19.0 Å². The van der Waals surface area contributed by atoms with Crippen LogP contribution in [0.2, 0.25) is 0 Å². The van der Waals surface area contributed by atoms with Gasteiger partial charge < -0.3 is 19.9 Å². The van der Waals surface area contributed by atoms with E-state index < -0.39 is 5.97 Å². The summed E-state index contributed by atoms with van der Waals surface area (Å²) in [7, 11) is 1.29. The average molecular weight is 320 g/mol. The second-order valence-electron chi connectivity index (χ2n) is 4.97. The molecule has 1 heterocycles. The molecule has 1 aliphatic rings. The minimum absolute atomic E-state index is 0.179. The summed E-state index contributed by atoms with van der Waals surface area (Å²) in [6.07, 6.45) is 2.57. The first-order chi connectivity index (χ1) is 10.7. The van der Waals surface area contributed by atoms with Gasteiger partial charge in [0.1, 0.15) is 17.4 Å². The number of hydrogen-bond donors (Lipinski definition) is 1. The summed E-state index contributed by atoms with van der Waals surface area (Å²) < 4.78 is 20.1. The molecule has 3 rings (SSSR count). The van der Waals surface area contributed by atoms with Crippen molar-refractivity contribution in [1.82, 2.24) is 4.37 Å². The molecule has 2 N–H and O–H groups in total. The van der Waals surface area contributed by atoms with Crippen LogP contribution in [0.3, 0.4) is 0 Å². The molecule has 7 heteroatoms. The molecule has 1 aliphatic carbocycles. The molecular formula is C15H16N2O4S. The topological polar surface area (TPSA) is 83.7 Å². The highest BCUT2D eigenvalue weighted by molar-refractivity contribution is 7.10. The Kier molecular flexibility index (Phi) is 4.15. The van der Waals surface area contributed by atoms with E-state index in [1.807, 2.05) is 24.3 Å². The molecule has 1 fully saturated rings. The first kappa shape index (κ1) is 14.6. The highest BCUT2D eigenvalue weighted by Crippen LogP contribution is 2.30. The molecule has 0 atom stereocenters. The first-order valence-corrected chi connectivity index (χ1v) is 7.66. The molecule has 116 valence electrons. The lowest BCUT2D eigenvalue weighted by atomic mass is 10.2. The van der Waals surface area contributed by atoms with Gasteiger partial charge >= 0.3 is 5.97 Å². The molecule has 0 spiro atoms. The molecule has 0 amide bonds. The van der Waals surface area contributed by atoms with E-state index in [2.05, 4.69) is 9.11 Å². The molecule has 0 saturated heterocycles. The van der Waals surface area contributed by atoms with E-state index >= 15 is 0 Å². The van der Waals surface area contributed by atoms with Gasteiger partial charge in [0.05, 0.1) is 13.2 Å². The van der Waals surface area contributed by atoms with Crippen molar-refractivity contribution in [3.05, 3.63) is 35.4 Å². The third-order valence-electron chi connectivity index (χ3n) is 3.18. The monoisotopic (exact) mass is 320 g/mol. The van der Waals surface area contributed by atoms with Crippen LogP contribution in [-0.4, -0.2) is 23.6 Å². The number of carbonyl (C=O) groups excluding carboxylic acids is 1. The number of nitrogens with two attached hydrogens (primary N) is 1. The van der Waals surface area contributed by atoms with Gasteiger partial charge in [0, 0.05) is 0 Å². The fraction of sp³-hybridized carbons (Fsp3) is 0.333. The van der Waals surface area contributed by atoms with Gasteiger partial charge in [-0.2, -0.15) is 4.37 Å². The Balaban J connectivity index is 1.68. The number of nitrogen functional groups attached to an aromatic ring is 1. The van der Waals surface area contributed by atoms with Crippen LogP contribution in [0, 0.1) is 0 Å². The molecule has 1 aromatic heterocycles. The van der Waals surface area contributed by atoms with Crippen molar-refractivity contribution in [1.29, 1.82) is 0 Å². The highest BCUT2D eigenvalue weighted by atomic mass is 32.1. The van der Waals surface area contributed by atoms with Gasteiger partial charge in [-0.15, -0.1) is 0 Å². The number of rotatable bonds is 6. The van der Waals surface area contributed by atoms with E-state index in [0.717, 1.165) is 35.7 Å². The molecule has 0 unspecified atom stereocenters. The molecule has 1 aromatic carbocycles. The van der Waals surface area contributed by atoms with Crippen LogP contribution in [0.1, 0.15) is 28.8 Å². The van der Waals surface area contributed by atoms with Crippen molar-refractivity contribution in [2.75, 3.05) is 12.8 Å². The maximum absolute atomic E-state index is 11.7. The molecular weight excluding hydrogens is 304 g/mol. The van der Waals surface area contributed by atoms with Gasteiger partial charge in [-0.1, -0.05) is 12.1 Å². The van der Waals surface area contributed by atoms with Gasteiger partial charge in [0.15, 0.2) is 5.56 Å². The summed E-state index contributed by atoms with van der Waals surface area (Å²) in [6.45, 7) is 0.273. The number of anilines is 1. The van der Waals surface area contributed by atoms with Crippen LogP contribution in [0.25, 0.3) is 0 Å². The molecule has 1 saturated carbocycles. The summed E-state index contributed by atoms with van der Waals surface area (Å²) in [6, 6.07) is 7.68. The number of nitrogens with zero attached hydrogens (tertiary/aromatic N) is 1. The fourth-order valence-electron chi connectivity index (χ4n) is 1.91. The second kappa shape index (κ2) is 6.23. The van der Waals surface area contributed by atoms with Crippen LogP contribution in [0.15, 0.2) is 24.3 Å². The lowest BCUT2D eigenvalue weighted by molar-refractivity contribution is 0.0597. The zero-order valence-electron chi connectivity index (χ0n) is 12.1. The lowest BCUT2D eigenvalue weighted by Gasteiger charge is -2.08. The molecule has 0 bridgehead atoms. The first-order valence-electron chi connectivity index (χ1n) is 6.89. The van der Waals surface area contributed by atoms with Crippen molar-refractivity contribution in [2.24, 2.45) is 0 Å². The molecule has 0 radical (unpaired) electrons.